The Morgan fingerprint density at radius 2 is 1.83 bits per heavy atom. The summed E-state index contributed by atoms with van der Waals surface area (Å²) in [5, 5.41) is 19.1. The number of nitro benzene ring substituents is 1. The summed E-state index contributed by atoms with van der Waals surface area (Å²) in [4.78, 5) is 37.7. The highest BCUT2D eigenvalue weighted by Gasteiger charge is 2.25. The third kappa shape index (κ3) is 6.44. The maximum atomic E-state index is 12.9. The average molecular weight is 575 g/mol. The van der Waals surface area contributed by atoms with Crippen LogP contribution in [-0.4, -0.2) is 71.6 Å². The van der Waals surface area contributed by atoms with Crippen LogP contribution in [-0.2, 0) is 11.8 Å². The van der Waals surface area contributed by atoms with Gasteiger partial charge >= 0.3 is 0 Å². The second kappa shape index (κ2) is 12.0. The quantitative estimate of drug-likeness (QED) is 0.192. The van der Waals surface area contributed by atoms with Gasteiger partial charge in [0.2, 0.25) is 11.9 Å². The maximum Gasteiger partial charge on any atom is 0.294 e. The van der Waals surface area contributed by atoms with Gasteiger partial charge in [-0.3, -0.25) is 14.9 Å². The fourth-order valence-electron chi connectivity index (χ4n) is 4.45. The zero-order chi connectivity index (χ0) is 30.8. The van der Waals surface area contributed by atoms with Gasteiger partial charge in [0, 0.05) is 67.4 Å². The molecule has 0 atom stereocenters. The van der Waals surface area contributed by atoms with Crippen molar-refractivity contribution in [1.82, 2.24) is 19.4 Å². The Balaban J connectivity index is 1.80. The first-order chi connectivity index (χ1) is 19.8. The molecule has 0 bridgehead atoms. The van der Waals surface area contributed by atoms with Gasteiger partial charge in [-0.15, -0.1) is 0 Å². The summed E-state index contributed by atoms with van der Waals surface area (Å²) in [6.07, 6.45) is 3.49. The molecule has 1 amide bonds. The van der Waals surface area contributed by atoms with Crippen molar-refractivity contribution in [3.63, 3.8) is 0 Å². The van der Waals surface area contributed by atoms with E-state index in [9.17, 15) is 14.9 Å². The highest BCUT2D eigenvalue weighted by Crippen LogP contribution is 2.40. The van der Waals surface area contributed by atoms with Gasteiger partial charge in [-0.05, 0) is 20.2 Å². The molecule has 4 aromatic rings. The molecule has 12 nitrogen and oxygen atoms in total. The summed E-state index contributed by atoms with van der Waals surface area (Å²) >= 11 is 0. The van der Waals surface area contributed by atoms with Gasteiger partial charge < -0.3 is 29.7 Å². The minimum atomic E-state index is -0.638. The van der Waals surface area contributed by atoms with E-state index in [-0.39, 0.29) is 17.5 Å². The first kappa shape index (κ1) is 30.3. The molecule has 0 aliphatic heterocycles. The average Bonchev–Trinajstić information content (AvgIpc) is 3.27. The van der Waals surface area contributed by atoms with Crippen LogP contribution in [0.2, 0.25) is 0 Å². The molecule has 222 valence electrons. The van der Waals surface area contributed by atoms with Crippen molar-refractivity contribution in [2.24, 2.45) is 12.5 Å². The summed E-state index contributed by atoms with van der Waals surface area (Å²) in [7, 11) is 9.15. The third-order valence-corrected chi connectivity index (χ3v) is 6.90. The van der Waals surface area contributed by atoms with Gasteiger partial charge in [0.05, 0.1) is 29.6 Å². The van der Waals surface area contributed by atoms with Gasteiger partial charge in [-0.25, -0.2) is 9.97 Å². The predicted octanol–water partition coefficient (Wildman–Crippen LogP) is 5.28. The minimum Gasteiger partial charge on any atom is -0.494 e. The largest absolute Gasteiger partial charge is 0.494 e. The Bertz CT molecular complexity index is 1620. The molecule has 0 aliphatic rings. The van der Waals surface area contributed by atoms with Crippen LogP contribution >= 0.6 is 0 Å². The van der Waals surface area contributed by atoms with Crippen LogP contribution in [0, 0.1) is 15.5 Å². The van der Waals surface area contributed by atoms with Gasteiger partial charge in [0.15, 0.2) is 0 Å². The van der Waals surface area contributed by atoms with E-state index in [1.165, 1.54) is 13.2 Å². The number of amides is 1. The molecule has 4 rings (SSSR count). The summed E-state index contributed by atoms with van der Waals surface area (Å²) in [6.45, 7) is 6.80. The van der Waals surface area contributed by atoms with Crippen molar-refractivity contribution in [2.45, 2.75) is 20.8 Å². The Kier molecular flexibility index (Phi) is 8.67. The number of carbonyl (C=O) groups is 1. The zero-order valence-electron chi connectivity index (χ0n) is 25.3. The van der Waals surface area contributed by atoms with Gasteiger partial charge in [-0.1, -0.05) is 39.0 Å². The molecular formula is C30H38N8O4. The van der Waals surface area contributed by atoms with Crippen LogP contribution in [0.25, 0.3) is 22.2 Å². The molecule has 12 heteroatoms. The molecule has 2 aromatic carbocycles. The lowest BCUT2D eigenvalue weighted by atomic mass is 9.95. The van der Waals surface area contributed by atoms with Crippen molar-refractivity contribution in [3.05, 3.63) is 58.9 Å². The van der Waals surface area contributed by atoms with Crippen molar-refractivity contribution < 1.29 is 14.5 Å². The summed E-state index contributed by atoms with van der Waals surface area (Å²) < 4.78 is 7.61. The number of hydrogen-bond acceptors (Lipinski definition) is 9. The van der Waals surface area contributed by atoms with Gasteiger partial charge in [-0.2, -0.15) is 0 Å². The number of methoxy groups -OCH3 is 1. The van der Waals surface area contributed by atoms with Crippen molar-refractivity contribution in [1.29, 1.82) is 0 Å². The van der Waals surface area contributed by atoms with Crippen LogP contribution in [0.4, 0.5) is 28.7 Å². The lowest BCUT2D eigenvalue weighted by molar-refractivity contribution is -0.384. The lowest BCUT2D eigenvalue weighted by Crippen LogP contribution is -2.29. The molecule has 2 aromatic heterocycles. The predicted molar refractivity (Wildman–Crippen MR) is 167 cm³/mol. The van der Waals surface area contributed by atoms with Crippen LogP contribution in [0.15, 0.2) is 48.8 Å². The molecule has 42 heavy (non-hydrogen) atoms. The Morgan fingerprint density at radius 1 is 1.12 bits per heavy atom. The number of carbonyl (C=O) groups excluding carboxylic acids is 1. The lowest BCUT2D eigenvalue weighted by Gasteiger charge is -2.23. The smallest absolute Gasteiger partial charge is 0.294 e. The molecule has 0 fully saturated rings. The first-order valence-electron chi connectivity index (χ1n) is 13.5. The first-order valence-corrected chi connectivity index (χ1v) is 13.5. The molecule has 2 heterocycles. The molecule has 0 unspecified atom stereocenters. The van der Waals surface area contributed by atoms with Crippen molar-refractivity contribution in [2.75, 3.05) is 56.9 Å². The third-order valence-electron chi connectivity index (χ3n) is 6.90. The highest BCUT2D eigenvalue weighted by atomic mass is 16.6. The fraction of sp³-hybridized carbons (Fsp3) is 0.367. The molecular weight excluding hydrogens is 536 g/mol. The van der Waals surface area contributed by atoms with E-state index < -0.39 is 10.3 Å². The van der Waals surface area contributed by atoms with E-state index >= 15 is 0 Å². The number of nitrogens with one attached hydrogen (secondary N) is 2. The zero-order valence-corrected chi connectivity index (χ0v) is 25.3. The molecule has 0 aliphatic carbocycles. The van der Waals surface area contributed by atoms with Gasteiger partial charge in [0.25, 0.3) is 5.69 Å². The SMILES string of the molecule is COc1cc(N(C)CCN(C)C)c([N+](=O)[O-])cc1Nc1ncc(NC(=O)C(C)(C)C)c(-c2cn(C)c3ccccc23)n1. The summed E-state index contributed by atoms with van der Waals surface area (Å²) in [6, 6.07) is 11.0. The second-order valence-corrected chi connectivity index (χ2v) is 11.5. The number of likely N-dealkylation sites (N-methyl/N-ethyl adjacent to an activating group) is 2. The molecule has 2 N–H and O–H groups in total. The van der Waals surface area contributed by atoms with E-state index in [4.69, 9.17) is 9.72 Å². The van der Waals surface area contributed by atoms with Crippen molar-refractivity contribution in [3.8, 4) is 17.0 Å². The number of aromatic nitrogens is 3. The Labute approximate surface area is 245 Å². The van der Waals surface area contributed by atoms with E-state index in [0.29, 0.717) is 35.1 Å². The molecule has 0 radical (unpaired) electrons. The number of para-hydroxylation sites is 1. The van der Waals surface area contributed by atoms with Crippen molar-refractivity contribution >= 4 is 45.5 Å². The minimum absolute atomic E-state index is 0.0807. The topological polar surface area (TPSA) is 131 Å². The number of fused-ring (bicyclic) bond motifs is 1. The number of aryl methyl sites for hydroxylation is 1. The number of benzene rings is 2. The fourth-order valence-corrected chi connectivity index (χ4v) is 4.45. The van der Waals surface area contributed by atoms with Crippen LogP contribution in [0.1, 0.15) is 20.8 Å². The van der Waals surface area contributed by atoms with Crippen LogP contribution < -0.4 is 20.3 Å². The van der Waals surface area contributed by atoms with E-state index in [0.717, 1.165) is 23.0 Å². The standard InChI is InChI=1S/C30H38N8O4/c1-30(2,3)28(39)32-22-17-31-29(34-27(22)20-18-37(7)23-12-10-9-11-19(20)23)33-21-15-25(38(40)41)24(16-26(21)42-8)36(6)14-13-35(4)5/h9-12,15-18H,13-14H2,1-8H3,(H,32,39)(H,31,33,34). The number of nitro groups is 1. The molecule has 0 spiro atoms. The van der Waals surface area contributed by atoms with Gasteiger partial charge in [0.1, 0.15) is 17.1 Å². The van der Waals surface area contributed by atoms with Crippen LogP contribution in [0.5, 0.6) is 5.75 Å². The van der Waals surface area contributed by atoms with E-state index in [1.807, 2.05) is 93.8 Å². The second-order valence-electron chi connectivity index (χ2n) is 11.5. The van der Waals surface area contributed by atoms with E-state index in [1.54, 1.807) is 12.3 Å². The Morgan fingerprint density at radius 3 is 2.48 bits per heavy atom. The molecule has 0 saturated carbocycles. The molecule has 0 saturated heterocycles. The Hall–Kier alpha value is -4.71. The van der Waals surface area contributed by atoms with E-state index in [2.05, 4.69) is 15.6 Å². The maximum absolute atomic E-state index is 12.9. The highest BCUT2D eigenvalue weighted by molar-refractivity contribution is 6.02. The number of ether oxygens (including phenoxy) is 1. The van der Waals surface area contributed by atoms with Crippen LogP contribution in [0.3, 0.4) is 0 Å². The number of rotatable bonds is 10. The number of hydrogen-bond donors (Lipinski definition) is 2. The summed E-state index contributed by atoms with van der Waals surface area (Å²) in [5.74, 6) is 0.403. The summed E-state index contributed by atoms with van der Waals surface area (Å²) in [5.41, 5.74) is 2.82. The number of nitrogens with zero attached hydrogens (tertiary/aromatic N) is 6. The monoisotopic (exact) mass is 574 g/mol. The number of anilines is 4. The normalized spacial score (nSPS) is 11.5.